The number of nitrogens with zero attached hydrogens (tertiary/aromatic N) is 2. The first kappa shape index (κ1) is 18.6. The van der Waals surface area contributed by atoms with Crippen molar-refractivity contribution in [2.24, 2.45) is 11.7 Å². The number of carboxylic acid groups (broad SMARTS) is 1. The molecule has 7 nitrogen and oxygen atoms in total. The van der Waals surface area contributed by atoms with Crippen molar-refractivity contribution in [2.45, 2.75) is 25.3 Å². The van der Waals surface area contributed by atoms with Gasteiger partial charge in [0.2, 0.25) is 5.43 Å². The van der Waals surface area contributed by atoms with E-state index in [1.165, 1.54) is 9.47 Å². The summed E-state index contributed by atoms with van der Waals surface area (Å²) in [7, 11) is 0. The topological polar surface area (TPSA) is 97.8 Å². The molecule has 1 aromatic heterocycles. The van der Waals surface area contributed by atoms with Crippen molar-refractivity contribution in [3.63, 3.8) is 0 Å². The van der Waals surface area contributed by atoms with Gasteiger partial charge in [-0.25, -0.2) is 18.0 Å². The zero-order valence-corrected chi connectivity index (χ0v) is 14.8. The smallest absolute Gasteiger partial charge is 0.449 e. The van der Waals surface area contributed by atoms with Crippen molar-refractivity contribution < 1.29 is 27.8 Å². The highest BCUT2D eigenvalue weighted by Crippen LogP contribution is 2.41. The monoisotopic (exact) mass is 397 g/mol. The van der Waals surface area contributed by atoms with Gasteiger partial charge in [0.15, 0.2) is 23.2 Å². The minimum atomic E-state index is -1.78. The predicted molar refractivity (Wildman–Crippen MR) is 94.4 cm³/mol. The number of hydrogen-bond donors (Lipinski definition) is 2. The molecular formula is C18H18F3N3O4. The molecule has 0 amide bonds. The van der Waals surface area contributed by atoms with Crippen LogP contribution in [-0.4, -0.2) is 35.5 Å². The van der Waals surface area contributed by atoms with Crippen LogP contribution in [0.5, 0.6) is 5.75 Å². The number of rotatable bonds is 4. The molecule has 0 bridgehead atoms. The second kappa shape index (κ2) is 6.69. The number of nitrogens with two attached hydrogens (primary N) is 1. The van der Waals surface area contributed by atoms with Crippen LogP contribution < -0.4 is 20.8 Å². The van der Waals surface area contributed by atoms with E-state index in [-0.39, 0.29) is 24.0 Å². The van der Waals surface area contributed by atoms with Crippen molar-refractivity contribution in [2.75, 3.05) is 24.5 Å². The summed E-state index contributed by atoms with van der Waals surface area (Å²) in [6.07, 6.45) is 1.17. The van der Waals surface area contributed by atoms with E-state index in [4.69, 9.17) is 10.8 Å². The summed E-state index contributed by atoms with van der Waals surface area (Å²) >= 11 is 0. The van der Waals surface area contributed by atoms with Gasteiger partial charge in [0, 0.05) is 19.1 Å². The lowest BCUT2D eigenvalue weighted by Crippen LogP contribution is -2.26. The van der Waals surface area contributed by atoms with Crippen molar-refractivity contribution in [1.82, 2.24) is 4.57 Å². The third kappa shape index (κ3) is 2.88. The Hall–Kier alpha value is -2.75. The first-order valence-electron chi connectivity index (χ1n) is 8.94. The maximum absolute atomic E-state index is 15.4. The SMILES string of the molecule is NCC1CCN(c2c(F)c(F)c3c(=O)c(OC(=O)O)cn(C4CC4)c3c2F)C1. The van der Waals surface area contributed by atoms with Crippen LogP contribution in [0.3, 0.4) is 0 Å². The number of ether oxygens (including phenoxy) is 1. The second-order valence-electron chi connectivity index (χ2n) is 7.18. The van der Waals surface area contributed by atoms with Crippen LogP contribution in [0, 0.1) is 23.4 Å². The molecule has 2 fully saturated rings. The van der Waals surface area contributed by atoms with E-state index in [9.17, 15) is 18.4 Å². The number of hydrogen-bond acceptors (Lipinski definition) is 5. The third-order valence-corrected chi connectivity index (χ3v) is 5.31. The Morgan fingerprint density at radius 2 is 1.93 bits per heavy atom. The lowest BCUT2D eigenvalue weighted by atomic mass is 10.1. The maximum atomic E-state index is 15.4. The summed E-state index contributed by atoms with van der Waals surface area (Å²) in [5.74, 6) is -4.69. The lowest BCUT2D eigenvalue weighted by molar-refractivity contribution is 0.143. The minimum Gasteiger partial charge on any atom is -0.449 e. The Morgan fingerprint density at radius 3 is 2.50 bits per heavy atom. The minimum absolute atomic E-state index is 0.0366. The number of fused-ring (bicyclic) bond motifs is 1. The average Bonchev–Trinajstić information content (AvgIpc) is 3.39. The Balaban J connectivity index is 1.99. The van der Waals surface area contributed by atoms with E-state index in [1.807, 2.05) is 0 Å². The summed E-state index contributed by atoms with van der Waals surface area (Å²) in [5.41, 5.74) is 3.51. The molecule has 150 valence electrons. The lowest BCUT2D eigenvalue weighted by Gasteiger charge is -2.23. The van der Waals surface area contributed by atoms with Crippen molar-refractivity contribution >= 4 is 22.7 Å². The van der Waals surface area contributed by atoms with Gasteiger partial charge < -0.3 is 25.0 Å². The molecule has 2 aliphatic rings. The van der Waals surface area contributed by atoms with Crippen molar-refractivity contribution in [3.8, 4) is 5.75 Å². The molecule has 1 atom stereocenters. The fourth-order valence-electron chi connectivity index (χ4n) is 3.77. The van der Waals surface area contributed by atoms with Crippen LogP contribution in [0.4, 0.5) is 23.7 Å². The molecule has 1 aliphatic heterocycles. The Bertz CT molecular complexity index is 1040. The number of carbonyl (C=O) groups is 1. The van der Waals surface area contributed by atoms with E-state index in [0.29, 0.717) is 32.4 Å². The van der Waals surface area contributed by atoms with Crippen LogP contribution in [-0.2, 0) is 0 Å². The van der Waals surface area contributed by atoms with Gasteiger partial charge in [0.1, 0.15) is 5.69 Å². The first-order chi connectivity index (χ1) is 13.3. The molecule has 1 aromatic carbocycles. The maximum Gasteiger partial charge on any atom is 0.511 e. The molecule has 1 saturated carbocycles. The van der Waals surface area contributed by atoms with Gasteiger partial charge in [-0.2, -0.15) is 0 Å². The van der Waals surface area contributed by atoms with Gasteiger partial charge in [0.25, 0.3) is 0 Å². The largest absolute Gasteiger partial charge is 0.511 e. The van der Waals surface area contributed by atoms with Crippen LogP contribution in [0.2, 0.25) is 0 Å². The third-order valence-electron chi connectivity index (χ3n) is 5.31. The van der Waals surface area contributed by atoms with E-state index in [1.54, 1.807) is 0 Å². The zero-order valence-electron chi connectivity index (χ0n) is 14.8. The van der Waals surface area contributed by atoms with Crippen LogP contribution in [0.15, 0.2) is 11.0 Å². The number of halogens is 3. The number of benzene rings is 1. The normalized spacial score (nSPS) is 19.4. The Kier molecular flexibility index (Phi) is 4.45. The van der Waals surface area contributed by atoms with Gasteiger partial charge in [-0.3, -0.25) is 4.79 Å². The molecule has 28 heavy (non-hydrogen) atoms. The molecule has 1 saturated heterocycles. The fraction of sp³-hybridized carbons (Fsp3) is 0.444. The Morgan fingerprint density at radius 1 is 1.21 bits per heavy atom. The summed E-state index contributed by atoms with van der Waals surface area (Å²) in [6, 6.07) is -0.248. The molecule has 3 N–H and O–H groups in total. The van der Waals surface area contributed by atoms with Crippen LogP contribution in [0.25, 0.3) is 10.9 Å². The fourth-order valence-corrected chi connectivity index (χ4v) is 3.77. The number of pyridine rings is 1. The molecule has 2 aromatic rings. The highest BCUT2D eigenvalue weighted by atomic mass is 19.2. The van der Waals surface area contributed by atoms with E-state index in [2.05, 4.69) is 4.74 Å². The van der Waals surface area contributed by atoms with Gasteiger partial charge >= 0.3 is 6.16 Å². The summed E-state index contributed by atoms with van der Waals surface area (Å²) in [5, 5.41) is 7.95. The van der Waals surface area contributed by atoms with Gasteiger partial charge in [-0.1, -0.05) is 0 Å². The van der Waals surface area contributed by atoms with Crippen LogP contribution in [0.1, 0.15) is 25.3 Å². The van der Waals surface area contributed by atoms with Gasteiger partial charge in [-0.05, 0) is 31.7 Å². The number of anilines is 1. The second-order valence-corrected chi connectivity index (χ2v) is 7.18. The molecule has 1 aliphatic carbocycles. The average molecular weight is 397 g/mol. The zero-order chi connectivity index (χ0) is 20.2. The quantitative estimate of drug-likeness (QED) is 0.608. The molecular weight excluding hydrogens is 379 g/mol. The van der Waals surface area contributed by atoms with Crippen molar-refractivity contribution in [3.05, 3.63) is 33.9 Å². The van der Waals surface area contributed by atoms with E-state index in [0.717, 1.165) is 6.20 Å². The van der Waals surface area contributed by atoms with Gasteiger partial charge in [-0.15, -0.1) is 0 Å². The molecule has 0 radical (unpaired) electrons. The van der Waals surface area contributed by atoms with E-state index < -0.39 is 45.9 Å². The van der Waals surface area contributed by atoms with Crippen molar-refractivity contribution in [1.29, 1.82) is 0 Å². The standard InChI is InChI=1S/C18H18F3N3O4/c19-12-11-15(14(21)16(13(12)20)23-4-3-8(5-22)6-23)24(9-1-2-9)7-10(17(11)25)28-18(26)27/h7-9H,1-6,22H2,(H,26,27). The first-order valence-corrected chi connectivity index (χ1v) is 8.94. The molecule has 2 heterocycles. The summed E-state index contributed by atoms with van der Waals surface area (Å²) < 4.78 is 50.8. The predicted octanol–water partition coefficient (Wildman–Crippen LogP) is 2.60. The molecule has 4 rings (SSSR count). The molecule has 0 spiro atoms. The number of aromatic nitrogens is 1. The molecule has 1 unspecified atom stereocenters. The van der Waals surface area contributed by atoms with E-state index >= 15 is 4.39 Å². The van der Waals surface area contributed by atoms with Gasteiger partial charge in [0.05, 0.1) is 17.1 Å². The highest BCUT2D eigenvalue weighted by molar-refractivity contribution is 5.86. The Labute approximate surface area is 157 Å². The summed E-state index contributed by atoms with van der Waals surface area (Å²) in [6.45, 7) is 0.941. The summed E-state index contributed by atoms with van der Waals surface area (Å²) in [4.78, 5) is 24.7. The van der Waals surface area contributed by atoms with Crippen LogP contribution >= 0.6 is 0 Å². The molecule has 10 heteroatoms. The highest BCUT2D eigenvalue weighted by Gasteiger charge is 2.35.